The van der Waals surface area contributed by atoms with E-state index in [4.69, 9.17) is 5.11 Å². The van der Waals surface area contributed by atoms with Gasteiger partial charge in [0.25, 0.3) is 0 Å². The molecule has 0 fully saturated rings. The summed E-state index contributed by atoms with van der Waals surface area (Å²) in [5, 5.41) is 11.8. The predicted octanol–water partition coefficient (Wildman–Crippen LogP) is 1.47. The monoisotopic (exact) mass is 227 g/mol. The van der Waals surface area contributed by atoms with Crippen LogP contribution in [0.25, 0.3) is 0 Å². The molecule has 1 heterocycles. The van der Waals surface area contributed by atoms with E-state index in [0.717, 1.165) is 0 Å². The van der Waals surface area contributed by atoms with Crippen LogP contribution >= 0.6 is 11.8 Å². The molecule has 2 N–H and O–H groups in total. The number of hydrogen-bond acceptors (Lipinski definition) is 5. The summed E-state index contributed by atoms with van der Waals surface area (Å²) in [5.74, 6) is 0.686. The molecule has 0 radical (unpaired) electrons. The van der Waals surface area contributed by atoms with Crippen molar-refractivity contribution in [3.05, 3.63) is 17.6 Å². The Bertz CT molecular complexity index is 333. The van der Waals surface area contributed by atoms with E-state index in [1.807, 2.05) is 13.2 Å². The number of carboxylic acids is 1. The van der Waals surface area contributed by atoms with Crippen molar-refractivity contribution in [2.45, 2.75) is 12.7 Å². The molecular weight excluding hydrogens is 214 g/mol. The lowest BCUT2D eigenvalue weighted by Crippen LogP contribution is -2.08. The van der Waals surface area contributed by atoms with E-state index >= 15 is 0 Å². The number of rotatable bonds is 5. The summed E-state index contributed by atoms with van der Waals surface area (Å²) in [6.07, 6.45) is 1.92. The normalized spacial score (nSPS) is 10.0. The molecule has 5 nitrogen and oxygen atoms in total. The minimum Gasteiger partial charge on any atom is -0.477 e. The molecule has 0 saturated carbocycles. The fraction of sp³-hybridized carbons (Fsp3) is 0.444. The van der Waals surface area contributed by atoms with E-state index < -0.39 is 5.97 Å². The Hall–Kier alpha value is -1.30. The second kappa shape index (κ2) is 5.55. The fourth-order valence-electron chi connectivity index (χ4n) is 1.07. The van der Waals surface area contributed by atoms with Crippen LogP contribution in [0.15, 0.2) is 6.07 Å². The van der Waals surface area contributed by atoms with E-state index in [1.54, 1.807) is 11.8 Å². The quantitative estimate of drug-likeness (QED) is 0.793. The van der Waals surface area contributed by atoms with Gasteiger partial charge in [0.05, 0.1) is 5.75 Å². The molecule has 0 saturated heterocycles. The van der Waals surface area contributed by atoms with Gasteiger partial charge in [0.1, 0.15) is 11.6 Å². The largest absolute Gasteiger partial charge is 0.477 e. The predicted molar refractivity (Wildman–Crippen MR) is 60.4 cm³/mol. The number of thioether (sulfide) groups is 1. The van der Waals surface area contributed by atoms with E-state index in [9.17, 15) is 4.79 Å². The highest BCUT2D eigenvalue weighted by atomic mass is 32.2. The summed E-state index contributed by atoms with van der Waals surface area (Å²) < 4.78 is 0. The van der Waals surface area contributed by atoms with Crippen molar-refractivity contribution in [1.29, 1.82) is 0 Å². The van der Waals surface area contributed by atoms with Crippen molar-refractivity contribution in [2.24, 2.45) is 0 Å². The molecule has 0 aliphatic rings. The van der Waals surface area contributed by atoms with Crippen LogP contribution in [0, 0.1) is 0 Å². The Labute approximate surface area is 92.3 Å². The van der Waals surface area contributed by atoms with E-state index in [0.29, 0.717) is 23.9 Å². The van der Waals surface area contributed by atoms with Crippen molar-refractivity contribution in [3.63, 3.8) is 0 Å². The fourth-order valence-corrected chi connectivity index (χ4v) is 1.46. The summed E-state index contributed by atoms with van der Waals surface area (Å²) in [5.41, 5.74) is 0.0324. The first kappa shape index (κ1) is 11.8. The zero-order chi connectivity index (χ0) is 11.3. The first-order chi connectivity index (χ1) is 7.17. The highest BCUT2D eigenvalue weighted by molar-refractivity contribution is 7.97. The number of aromatic carboxylic acids is 1. The van der Waals surface area contributed by atoms with Crippen molar-refractivity contribution >= 4 is 23.5 Å². The average molecular weight is 227 g/mol. The minimum atomic E-state index is -1.03. The van der Waals surface area contributed by atoms with Gasteiger partial charge in [0.2, 0.25) is 0 Å². The molecule has 0 spiro atoms. The molecule has 0 aromatic carbocycles. The molecular formula is C9H13N3O2S. The Kier molecular flexibility index (Phi) is 4.36. The zero-order valence-corrected chi connectivity index (χ0v) is 9.47. The summed E-state index contributed by atoms with van der Waals surface area (Å²) in [6, 6.07) is 1.44. The number of carboxylic acid groups (broad SMARTS) is 1. The van der Waals surface area contributed by atoms with Gasteiger partial charge in [-0.05, 0) is 13.2 Å². The summed E-state index contributed by atoms with van der Waals surface area (Å²) in [7, 11) is 0. The minimum absolute atomic E-state index is 0.0324. The maximum atomic E-state index is 10.8. The van der Waals surface area contributed by atoms with Gasteiger partial charge in [0, 0.05) is 12.6 Å². The van der Waals surface area contributed by atoms with Gasteiger partial charge in [-0.15, -0.1) is 0 Å². The molecule has 0 unspecified atom stereocenters. The standard InChI is InChI=1S/C9H13N3O2S/c1-3-10-7-4-6(9(13)14)11-8(12-7)5-15-2/h4H,3,5H2,1-2H3,(H,13,14)(H,10,11,12). The first-order valence-corrected chi connectivity index (χ1v) is 5.90. The highest BCUT2D eigenvalue weighted by Gasteiger charge is 2.09. The number of hydrogen-bond donors (Lipinski definition) is 2. The average Bonchev–Trinajstić information content (AvgIpc) is 2.18. The van der Waals surface area contributed by atoms with Crippen LogP contribution < -0.4 is 5.32 Å². The maximum absolute atomic E-state index is 10.8. The van der Waals surface area contributed by atoms with E-state index in [-0.39, 0.29) is 5.69 Å². The molecule has 15 heavy (non-hydrogen) atoms. The maximum Gasteiger partial charge on any atom is 0.354 e. The molecule has 6 heteroatoms. The van der Waals surface area contributed by atoms with Crippen LogP contribution in [0.1, 0.15) is 23.2 Å². The van der Waals surface area contributed by atoms with Gasteiger partial charge >= 0.3 is 5.97 Å². The van der Waals surface area contributed by atoms with Gasteiger partial charge in [0.15, 0.2) is 5.69 Å². The third kappa shape index (κ3) is 3.39. The van der Waals surface area contributed by atoms with Gasteiger partial charge in [-0.3, -0.25) is 0 Å². The first-order valence-electron chi connectivity index (χ1n) is 4.51. The molecule has 82 valence electrons. The van der Waals surface area contributed by atoms with Crippen LogP contribution in [0.2, 0.25) is 0 Å². The molecule has 1 aromatic heterocycles. The molecule has 0 amide bonds. The third-order valence-corrected chi connectivity index (χ3v) is 2.17. The number of anilines is 1. The molecule has 1 aromatic rings. The zero-order valence-electron chi connectivity index (χ0n) is 8.65. The third-order valence-electron chi connectivity index (χ3n) is 1.62. The van der Waals surface area contributed by atoms with Crippen molar-refractivity contribution in [1.82, 2.24) is 9.97 Å². The van der Waals surface area contributed by atoms with Crippen LogP contribution in [0.4, 0.5) is 5.82 Å². The lowest BCUT2D eigenvalue weighted by atomic mass is 10.4. The van der Waals surface area contributed by atoms with Crippen LogP contribution in [-0.4, -0.2) is 33.8 Å². The Balaban J connectivity index is 3.02. The van der Waals surface area contributed by atoms with Crippen LogP contribution in [0.3, 0.4) is 0 Å². The number of nitrogens with zero attached hydrogens (tertiary/aromatic N) is 2. The topological polar surface area (TPSA) is 75.1 Å². The smallest absolute Gasteiger partial charge is 0.354 e. The summed E-state index contributed by atoms with van der Waals surface area (Å²) in [4.78, 5) is 18.9. The van der Waals surface area contributed by atoms with Crippen molar-refractivity contribution in [2.75, 3.05) is 18.1 Å². The molecule has 0 aliphatic carbocycles. The number of nitrogens with one attached hydrogen (secondary N) is 1. The lowest BCUT2D eigenvalue weighted by molar-refractivity contribution is 0.0690. The lowest BCUT2D eigenvalue weighted by Gasteiger charge is -2.05. The number of carbonyl (C=O) groups is 1. The Morgan fingerprint density at radius 2 is 2.33 bits per heavy atom. The molecule has 0 atom stereocenters. The van der Waals surface area contributed by atoms with Crippen molar-refractivity contribution < 1.29 is 9.90 Å². The van der Waals surface area contributed by atoms with Gasteiger partial charge in [-0.2, -0.15) is 11.8 Å². The van der Waals surface area contributed by atoms with Crippen LogP contribution in [-0.2, 0) is 5.75 Å². The van der Waals surface area contributed by atoms with Gasteiger partial charge < -0.3 is 10.4 Å². The Morgan fingerprint density at radius 1 is 1.60 bits per heavy atom. The second-order valence-corrected chi connectivity index (χ2v) is 3.69. The van der Waals surface area contributed by atoms with Crippen molar-refractivity contribution in [3.8, 4) is 0 Å². The highest BCUT2D eigenvalue weighted by Crippen LogP contribution is 2.10. The van der Waals surface area contributed by atoms with E-state index in [2.05, 4.69) is 15.3 Å². The Morgan fingerprint density at radius 3 is 2.87 bits per heavy atom. The second-order valence-electron chi connectivity index (χ2n) is 2.82. The summed E-state index contributed by atoms with van der Waals surface area (Å²) in [6.45, 7) is 2.63. The molecule has 1 rings (SSSR count). The van der Waals surface area contributed by atoms with E-state index in [1.165, 1.54) is 6.07 Å². The molecule has 0 aliphatic heterocycles. The van der Waals surface area contributed by atoms with Gasteiger partial charge in [-0.1, -0.05) is 0 Å². The molecule has 0 bridgehead atoms. The van der Waals surface area contributed by atoms with Crippen LogP contribution in [0.5, 0.6) is 0 Å². The van der Waals surface area contributed by atoms with Gasteiger partial charge in [-0.25, -0.2) is 14.8 Å². The SMILES string of the molecule is CCNc1cc(C(=O)O)nc(CSC)n1. The summed E-state index contributed by atoms with van der Waals surface area (Å²) >= 11 is 1.56. The number of aromatic nitrogens is 2.